The highest BCUT2D eigenvalue weighted by atomic mass is 32.1. The summed E-state index contributed by atoms with van der Waals surface area (Å²) in [6.45, 7) is 6.33. The zero-order chi connectivity index (χ0) is 18.5. The number of benzene rings is 2. The summed E-state index contributed by atoms with van der Waals surface area (Å²) >= 11 is 1.37. The number of amides is 1. The zero-order valence-corrected chi connectivity index (χ0v) is 16.0. The Morgan fingerprint density at radius 2 is 1.92 bits per heavy atom. The van der Waals surface area contributed by atoms with Crippen LogP contribution in [-0.4, -0.2) is 10.9 Å². The molecule has 1 N–H and O–H groups in total. The van der Waals surface area contributed by atoms with Crippen molar-refractivity contribution in [1.82, 2.24) is 4.98 Å². The molecule has 0 saturated heterocycles. The Bertz CT molecular complexity index is 901. The normalized spacial score (nSPS) is 10.6. The lowest BCUT2D eigenvalue weighted by Gasteiger charge is -2.05. The molecule has 0 aliphatic heterocycles. The number of carbonyl (C=O) groups excluding carboxylic acids is 1. The van der Waals surface area contributed by atoms with E-state index in [0.29, 0.717) is 11.5 Å². The average molecular weight is 366 g/mol. The quantitative estimate of drug-likeness (QED) is 0.656. The number of ether oxygens (including phenoxy) is 1. The average Bonchev–Trinajstić information content (AvgIpc) is 3.01. The second-order valence-electron chi connectivity index (χ2n) is 6.13. The summed E-state index contributed by atoms with van der Waals surface area (Å²) < 4.78 is 5.78. The molecule has 3 aromatic rings. The molecule has 0 spiro atoms. The molecule has 26 heavy (non-hydrogen) atoms. The van der Waals surface area contributed by atoms with Gasteiger partial charge in [0.1, 0.15) is 22.2 Å². The van der Waals surface area contributed by atoms with Gasteiger partial charge in [-0.2, -0.15) is 0 Å². The summed E-state index contributed by atoms with van der Waals surface area (Å²) in [5.41, 5.74) is 3.90. The van der Waals surface area contributed by atoms with Gasteiger partial charge in [0.2, 0.25) is 0 Å². The van der Waals surface area contributed by atoms with Crippen LogP contribution in [-0.2, 0) is 13.0 Å². The Morgan fingerprint density at radius 1 is 1.15 bits per heavy atom. The first-order valence-electron chi connectivity index (χ1n) is 8.61. The van der Waals surface area contributed by atoms with Crippen LogP contribution in [0.15, 0.2) is 48.5 Å². The van der Waals surface area contributed by atoms with Crippen molar-refractivity contribution in [3.8, 4) is 5.75 Å². The van der Waals surface area contributed by atoms with Gasteiger partial charge in [0.15, 0.2) is 0 Å². The molecule has 2 aromatic carbocycles. The van der Waals surface area contributed by atoms with E-state index < -0.39 is 0 Å². The molecule has 0 radical (unpaired) electrons. The summed E-state index contributed by atoms with van der Waals surface area (Å²) in [5.74, 6) is 0.672. The molecule has 4 nitrogen and oxygen atoms in total. The number of anilines is 1. The molecule has 0 bridgehead atoms. The maximum absolute atomic E-state index is 12.5. The SMILES string of the molecule is CCc1ccc(NC(=O)c2sc(COc3cccc(C)c3)nc2C)cc1. The van der Waals surface area contributed by atoms with Crippen molar-refractivity contribution in [3.05, 3.63) is 75.2 Å². The van der Waals surface area contributed by atoms with E-state index in [4.69, 9.17) is 4.74 Å². The zero-order valence-electron chi connectivity index (χ0n) is 15.2. The summed E-state index contributed by atoms with van der Waals surface area (Å²) in [6.07, 6.45) is 0.979. The van der Waals surface area contributed by atoms with Gasteiger partial charge in [0, 0.05) is 5.69 Å². The summed E-state index contributed by atoms with van der Waals surface area (Å²) in [7, 11) is 0. The van der Waals surface area contributed by atoms with Crippen LogP contribution in [0.4, 0.5) is 5.69 Å². The third-order valence-corrected chi connectivity index (χ3v) is 5.15. The van der Waals surface area contributed by atoms with Gasteiger partial charge in [-0.1, -0.05) is 31.2 Å². The molecule has 0 saturated carbocycles. The summed E-state index contributed by atoms with van der Waals surface area (Å²) in [4.78, 5) is 17.6. The van der Waals surface area contributed by atoms with Gasteiger partial charge in [-0.3, -0.25) is 4.79 Å². The van der Waals surface area contributed by atoms with E-state index in [9.17, 15) is 4.79 Å². The molecule has 5 heteroatoms. The molecule has 0 aliphatic carbocycles. The molecule has 0 atom stereocenters. The summed E-state index contributed by atoms with van der Waals surface area (Å²) in [5, 5.41) is 3.72. The monoisotopic (exact) mass is 366 g/mol. The highest BCUT2D eigenvalue weighted by Gasteiger charge is 2.16. The van der Waals surface area contributed by atoms with Crippen molar-refractivity contribution >= 4 is 22.9 Å². The Labute approximate surface area is 157 Å². The van der Waals surface area contributed by atoms with Gasteiger partial charge >= 0.3 is 0 Å². The Kier molecular flexibility index (Phi) is 5.68. The van der Waals surface area contributed by atoms with E-state index in [-0.39, 0.29) is 5.91 Å². The lowest BCUT2D eigenvalue weighted by Crippen LogP contribution is -2.11. The molecule has 1 heterocycles. The molecule has 1 aromatic heterocycles. The van der Waals surface area contributed by atoms with E-state index in [0.717, 1.165) is 34.1 Å². The predicted molar refractivity (Wildman–Crippen MR) is 106 cm³/mol. The third-order valence-electron chi connectivity index (χ3n) is 4.02. The second kappa shape index (κ2) is 8.15. The summed E-state index contributed by atoms with van der Waals surface area (Å²) in [6, 6.07) is 15.8. The number of aromatic nitrogens is 1. The highest BCUT2D eigenvalue weighted by molar-refractivity contribution is 7.13. The van der Waals surface area contributed by atoms with E-state index in [1.54, 1.807) is 0 Å². The van der Waals surface area contributed by atoms with Crippen LogP contribution in [0.3, 0.4) is 0 Å². The molecule has 1 amide bonds. The smallest absolute Gasteiger partial charge is 0.267 e. The van der Waals surface area contributed by atoms with Crippen LogP contribution in [0.1, 0.15) is 38.4 Å². The number of thiazole rings is 1. The van der Waals surface area contributed by atoms with E-state index in [2.05, 4.69) is 17.2 Å². The first-order chi connectivity index (χ1) is 12.5. The van der Waals surface area contributed by atoms with Crippen LogP contribution in [0.2, 0.25) is 0 Å². The standard InChI is InChI=1S/C21H22N2O2S/c1-4-16-8-10-17(11-9-16)23-21(24)20-15(3)22-19(26-20)13-25-18-7-5-6-14(2)12-18/h5-12H,4,13H2,1-3H3,(H,23,24). The fourth-order valence-corrected chi connectivity index (χ4v) is 3.46. The van der Waals surface area contributed by atoms with Crippen molar-refractivity contribution in [2.24, 2.45) is 0 Å². The topological polar surface area (TPSA) is 51.2 Å². The van der Waals surface area contributed by atoms with Crippen molar-refractivity contribution < 1.29 is 9.53 Å². The number of carbonyl (C=O) groups is 1. The lowest BCUT2D eigenvalue weighted by molar-refractivity contribution is 0.103. The Balaban J connectivity index is 1.65. The van der Waals surface area contributed by atoms with Crippen molar-refractivity contribution in [1.29, 1.82) is 0 Å². The first-order valence-corrected chi connectivity index (χ1v) is 9.43. The molecule has 0 unspecified atom stereocenters. The number of nitrogens with zero attached hydrogens (tertiary/aromatic N) is 1. The lowest BCUT2D eigenvalue weighted by atomic mass is 10.1. The fraction of sp³-hybridized carbons (Fsp3) is 0.238. The van der Waals surface area contributed by atoms with Crippen molar-refractivity contribution in [3.63, 3.8) is 0 Å². The molecule has 0 aliphatic rings. The number of hydrogen-bond acceptors (Lipinski definition) is 4. The second-order valence-corrected chi connectivity index (χ2v) is 7.22. The van der Waals surface area contributed by atoms with E-state index in [1.165, 1.54) is 16.9 Å². The van der Waals surface area contributed by atoms with Gasteiger partial charge in [-0.05, 0) is 55.7 Å². The third kappa shape index (κ3) is 4.49. The Hall–Kier alpha value is -2.66. The number of nitrogens with one attached hydrogen (secondary N) is 1. The molecule has 134 valence electrons. The largest absolute Gasteiger partial charge is 0.486 e. The number of rotatable bonds is 6. The van der Waals surface area contributed by atoms with Crippen LogP contribution >= 0.6 is 11.3 Å². The predicted octanol–water partition coefficient (Wildman–Crippen LogP) is 5.15. The fourth-order valence-electron chi connectivity index (χ4n) is 2.59. The van der Waals surface area contributed by atoms with Gasteiger partial charge in [0.25, 0.3) is 5.91 Å². The molecular weight excluding hydrogens is 344 g/mol. The molecule has 3 rings (SSSR count). The maximum atomic E-state index is 12.5. The number of hydrogen-bond donors (Lipinski definition) is 1. The van der Waals surface area contributed by atoms with E-state index >= 15 is 0 Å². The Morgan fingerprint density at radius 3 is 2.62 bits per heavy atom. The first kappa shape index (κ1) is 18.1. The van der Waals surface area contributed by atoms with Gasteiger partial charge in [0.05, 0.1) is 5.69 Å². The highest BCUT2D eigenvalue weighted by Crippen LogP contribution is 2.22. The number of aryl methyl sites for hydroxylation is 3. The van der Waals surface area contributed by atoms with Gasteiger partial charge in [-0.25, -0.2) is 4.98 Å². The minimum absolute atomic E-state index is 0.133. The van der Waals surface area contributed by atoms with Crippen molar-refractivity contribution in [2.45, 2.75) is 33.8 Å². The minimum atomic E-state index is -0.133. The minimum Gasteiger partial charge on any atom is -0.486 e. The van der Waals surface area contributed by atoms with Crippen molar-refractivity contribution in [2.75, 3.05) is 5.32 Å². The van der Waals surface area contributed by atoms with Crippen LogP contribution in [0, 0.1) is 13.8 Å². The molecular formula is C21H22N2O2S. The van der Waals surface area contributed by atoms with Crippen LogP contribution in [0.25, 0.3) is 0 Å². The van der Waals surface area contributed by atoms with Gasteiger partial charge < -0.3 is 10.1 Å². The molecule has 0 fully saturated rings. The van der Waals surface area contributed by atoms with E-state index in [1.807, 2.05) is 62.4 Å². The van der Waals surface area contributed by atoms with Crippen LogP contribution < -0.4 is 10.1 Å². The van der Waals surface area contributed by atoms with Gasteiger partial charge in [-0.15, -0.1) is 11.3 Å². The van der Waals surface area contributed by atoms with Crippen LogP contribution in [0.5, 0.6) is 5.75 Å². The maximum Gasteiger partial charge on any atom is 0.267 e.